The zero-order chi connectivity index (χ0) is 15.6. The number of aryl methyl sites for hydroxylation is 1. The van der Waals surface area contributed by atoms with Crippen LogP contribution in [0.25, 0.3) is 0 Å². The topological polar surface area (TPSA) is 92.9 Å². The highest BCUT2D eigenvalue weighted by Gasteiger charge is 2.28. The Morgan fingerprint density at radius 1 is 1.62 bits per heavy atom. The summed E-state index contributed by atoms with van der Waals surface area (Å²) in [6, 6.07) is 2.88. The standard InChI is InChI=1S/C13H15BrN2O5/c1-8-4-12(10(14)6-11(8)16(19)20)15-2-3-21-7-9(15)5-13(17)18/h4,6,9H,2-3,5,7H2,1H3,(H,17,18). The largest absolute Gasteiger partial charge is 0.481 e. The Kier molecular flexibility index (Phi) is 4.79. The Morgan fingerprint density at radius 2 is 2.33 bits per heavy atom. The maximum Gasteiger partial charge on any atom is 0.305 e. The molecule has 2 rings (SSSR count). The molecule has 0 saturated carbocycles. The lowest BCUT2D eigenvalue weighted by Crippen LogP contribution is -2.46. The monoisotopic (exact) mass is 358 g/mol. The average Bonchev–Trinajstić information content (AvgIpc) is 2.41. The first kappa shape index (κ1) is 15.7. The van der Waals surface area contributed by atoms with Gasteiger partial charge in [-0.2, -0.15) is 0 Å². The van der Waals surface area contributed by atoms with Gasteiger partial charge in [-0.15, -0.1) is 0 Å². The van der Waals surface area contributed by atoms with Crippen molar-refractivity contribution in [3.05, 3.63) is 32.3 Å². The van der Waals surface area contributed by atoms with Crippen LogP contribution in [0.5, 0.6) is 0 Å². The number of carbonyl (C=O) groups is 1. The zero-order valence-corrected chi connectivity index (χ0v) is 13.0. The predicted octanol–water partition coefficient (Wildman–Crippen LogP) is 2.35. The number of hydrogen-bond acceptors (Lipinski definition) is 5. The molecule has 1 aliphatic heterocycles. The summed E-state index contributed by atoms with van der Waals surface area (Å²) in [4.78, 5) is 23.4. The molecular weight excluding hydrogens is 344 g/mol. The van der Waals surface area contributed by atoms with Crippen LogP contribution in [0.1, 0.15) is 12.0 Å². The fourth-order valence-electron chi connectivity index (χ4n) is 2.42. The molecule has 21 heavy (non-hydrogen) atoms. The normalized spacial score (nSPS) is 18.6. The highest BCUT2D eigenvalue weighted by molar-refractivity contribution is 9.10. The number of ether oxygens (including phenoxy) is 1. The van der Waals surface area contributed by atoms with Gasteiger partial charge in [-0.05, 0) is 28.9 Å². The number of carboxylic acid groups (broad SMARTS) is 1. The quantitative estimate of drug-likeness (QED) is 0.655. The smallest absolute Gasteiger partial charge is 0.305 e. The van der Waals surface area contributed by atoms with Crippen LogP contribution < -0.4 is 4.90 Å². The molecule has 1 saturated heterocycles. The maximum atomic E-state index is 11.0. The van der Waals surface area contributed by atoms with E-state index < -0.39 is 10.9 Å². The minimum absolute atomic E-state index is 0.0358. The van der Waals surface area contributed by atoms with Gasteiger partial charge in [0.05, 0.1) is 36.3 Å². The number of benzene rings is 1. The van der Waals surface area contributed by atoms with Crippen molar-refractivity contribution < 1.29 is 19.6 Å². The summed E-state index contributed by atoms with van der Waals surface area (Å²) in [5, 5.41) is 19.9. The first-order valence-corrected chi connectivity index (χ1v) is 7.20. The van der Waals surface area contributed by atoms with Crippen molar-refractivity contribution in [3.8, 4) is 0 Å². The molecule has 0 aliphatic carbocycles. The Hall–Kier alpha value is -1.67. The van der Waals surface area contributed by atoms with E-state index in [1.165, 1.54) is 6.07 Å². The van der Waals surface area contributed by atoms with Gasteiger partial charge < -0.3 is 14.7 Å². The molecule has 1 aliphatic rings. The predicted molar refractivity (Wildman–Crippen MR) is 79.7 cm³/mol. The van der Waals surface area contributed by atoms with Crippen LogP contribution in [-0.2, 0) is 9.53 Å². The van der Waals surface area contributed by atoms with Crippen LogP contribution in [0, 0.1) is 17.0 Å². The summed E-state index contributed by atoms with van der Waals surface area (Å²) in [6.07, 6.45) is -0.0392. The van der Waals surface area contributed by atoms with Crippen molar-refractivity contribution in [1.82, 2.24) is 0 Å². The van der Waals surface area contributed by atoms with Crippen LogP contribution in [0.2, 0.25) is 0 Å². The van der Waals surface area contributed by atoms with Crippen molar-refractivity contribution in [3.63, 3.8) is 0 Å². The van der Waals surface area contributed by atoms with Crippen molar-refractivity contribution in [2.75, 3.05) is 24.7 Å². The average molecular weight is 359 g/mol. The summed E-state index contributed by atoms with van der Waals surface area (Å²) in [7, 11) is 0. The molecule has 0 radical (unpaired) electrons. The Labute approximate surface area is 129 Å². The van der Waals surface area contributed by atoms with E-state index in [-0.39, 0.29) is 18.2 Å². The third-order valence-electron chi connectivity index (χ3n) is 3.41. The first-order valence-electron chi connectivity index (χ1n) is 6.41. The second-order valence-corrected chi connectivity index (χ2v) is 5.72. The number of nitrogens with zero attached hydrogens (tertiary/aromatic N) is 2. The van der Waals surface area contributed by atoms with Crippen LogP contribution >= 0.6 is 15.9 Å². The first-order chi connectivity index (χ1) is 9.90. The molecule has 1 aromatic rings. The van der Waals surface area contributed by atoms with Gasteiger partial charge in [-0.25, -0.2) is 0 Å². The molecule has 0 spiro atoms. The van der Waals surface area contributed by atoms with Gasteiger partial charge in [0.15, 0.2) is 0 Å². The van der Waals surface area contributed by atoms with Crippen LogP contribution in [-0.4, -0.2) is 41.8 Å². The molecule has 1 N–H and O–H groups in total. The Balaban J connectivity index is 2.36. The van der Waals surface area contributed by atoms with Crippen molar-refractivity contribution in [1.29, 1.82) is 0 Å². The number of hydrogen-bond donors (Lipinski definition) is 1. The van der Waals surface area contributed by atoms with E-state index in [4.69, 9.17) is 9.84 Å². The molecule has 8 heteroatoms. The fraction of sp³-hybridized carbons (Fsp3) is 0.462. The molecule has 1 fully saturated rings. The second kappa shape index (κ2) is 6.40. The molecule has 1 aromatic carbocycles. The summed E-state index contributed by atoms with van der Waals surface area (Å²) in [6.45, 7) is 3.04. The summed E-state index contributed by atoms with van der Waals surface area (Å²) >= 11 is 3.34. The summed E-state index contributed by atoms with van der Waals surface area (Å²) < 4.78 is 5.92. The van der Waals surface area contributed by atoms with E-state index in [9.17, 15) is 14.9 Å². The lowest BCUT2D eigenvalue weighted by molar-refractivity contribution is -0.385. The highest BCUT2D eigenvalue weighted by atomic mass is 79.9. The summed E-state index contributed by atoms with van der Waals surface area (Å²) in [5.74, 6) is -0.898. The lowest BCUT2D eigenvalue weighted by Gasteiger charge is -2.37. The van der Waals surface area contributed by atoms with Gasteiger partial charge in [-0.3, -0.25) is 14.9 Å². The number of aliphatic carboxylic acids is 1. The van der Waals surface area contributed by atoms with E-state index >= 15 is 0 Å². The van der Waals surface area contributed by atoms with Crippen molar-refractivity contribution in [2.45, 2.75) is 19.4 Å². The van der Waals surface area contributed by atoms with Gasteiger partial charge in [-0.1, -0.05) is 0 Å². The maximum absolute atomic E-state index is 11.0. The van der Waals surface area contributed by atoms with Gasteiger partial charge in [0.2, 0.25) is 0 Å². The summed E-state index contributed by atoms with van der Waals surface area (Å²) in [5.41, 5.74) is 1.33. The number of nitro groups is 1. The number of carboxylic acids is 1. The molecule has 7 nitrogen and oxygen atoms in total. The molecular formula is C13H15BrN2O5. The number of rotatable bonds is 4. The Bertz CT molecular complexity index is 578. The van der Waals surface area contributed by atoms with Gasteiger partial charge in [0.25, 0.3) is 5.69 Å². The molecule has 1 atom stereocenters. The van der Waals surface area contributed by atoms with Crippen molar-refractivity contribution in [2.24, 2.45) is 0 Å². The van der Waals surface area contributed by atoms with Gasteiger partial charge in [0, 0.05) is 22.6 Å². The van der Waals surface area contributed by atoms with Gasteiger partial charge in [0.1, 0.15) is 0 Å². The van der Waals surface area contributed by atoms with E-state index in [2.05, 4.69) is 15.9 Å². The molecule has 114 valence electrons. The lowest BCUT2D eigenvalue weighted by atomic mass is 10.1. The molecule has 0 aromatic heterocycles. The second-order valence-electron chi connectivity index (χ2n) is 4.87. The third-order valence-corrected chi connectivity index (χ3v) is 4.04. The number of morpholine rings is 1. The molecule has 1 heterocycles. The van der Waals surface area contributed by atoms with Crippen LogP contribution in [0.4, 0.5) is 11.4 Å². The molecule has 0 bridgehead atoms. The zero-order valence-electron chi connectivity index (χ0n) is 11.4. The van der Waals surface area contributed by atoms with E-state index in [1.54, 1.807) is 13.0 Å². The van der Waals surface area contributed by atoms with Crippen LogP contribution in [0.15, 0.2) is 16.6 Å². The van der Waals surface area contributed by atoms with Crippen molar-refractivity contribution >= 4 is 33.3 Å². The fourth-order valence-corrected chi connectivity index (χ4v) is 2.97. The third kappa shape index (κ3) is 3.51. The number of nitro benzene ring substituents is 1. The van der Waals surface area contributed by atoms with E-state index in [0.29, 0.717) is 29.8 Å². The molecule has 0 amide bonds. The van der Waals surface area contributed by atoms with Gasteiger partial charge >= 0.3 is 5.97 Å². The van der Waals surface area contributed by atoms with Crippen LogP contribution in [0.3, 0.4) is 0 Å². The minimum Gasteiger partial charge on any atom is -0.481 e. The van der Waals surface area contributed by atoms with E-state index in [1.807, 2.05) is 4.90 Å². The van der Waals surface area contributed by atoms with E-state index in [0.717, 1.165) is 5.69 Å². The number of halogens is 1. The Morgan fingerprint density at radius 3 is 2.95 bits per heavy atom. The molecule has 1 unspecified atom stereocenters. The SMILES string of the molecule is Cc1cc(N2CCOCC2CC(=O)O)c(Br)cc1[N+](=O)[O-]. The highest BCUT2D eigenvalue weighted by Crippen LogP contribution is 2.35. The minimum atomic E-state index is -0.898. The number of anilines is 1.